The Bertz CT molecular complexity index is 453. The Morgan fingerprint density at radius 3 is 2.70 bits per heavy atom. The molecule has 0 aromatic heterocycles. The number of hydrogen-bond acceptors (Lipinski definition) is 5. The third-order valence-electron chi connectivity index (χ3n) is 2.41. The second kappa shape index (κ2) is 8.63. The van der Waals surface area contributed by atoms with Gasteiger partial charge in [0.25, 0.3) is 0 Å². The standard InChI is InChI=1S/C13H18ClNO5/c1-18-3-2-4-19-5-6-20-12-10(13(16)17)7-9(15)8-11(12)14/h7-8H,2-6,15H2,1H3,(H,16,17). The Morgan fingerprint density at radius 2 is 2.05 bits per heavy atom. The first-order valence-electron chi connectivity index (χ1n) is 6.08. The molecule has 0 saturated carbocycles. The zero-order valence-corrected chi connectivity index (χ0v) is 12.0. The lowest BCUT2D eigenvalue weighted by Gasteiger charge is -2.12. The average Bonchev–Trinajstić information content (AvgIpc) is 2.39. The van der Waals surface area contributed by atoms with E-state index in [4.69, 9.17) is 36.7 Å². The van der Waals surface area contributed by atoms with Gasteiger partial charge in [-0.3, -0.25) is 0 Å². The molecule has 0 spiro atoms. The number of nitrogens with two attached hydrogens (primary N) is 1. The Labute approximate surface area is 122 Å². The molecule has 0 atom stereocenters. The van der Waals surface area contributed by atoms with Crippen LogP contribution in [0.2, 0.25) is 5.02 Å². The minimum atomic E-state index is -1.14. The van der Waals surface area contributed by atoms with E-state index in [1.807, 2.05) is 0 Å². The van der Waals surface area contributed by atoms with Gasteiger partial charge in [-0.05, 0) is 18.6 Å². The number of hydrogen-bond donors (Lipinski definition) is 2. The second-order valence-corrected chi connectivity index (χ2v) is 4.40. The van der Waals surface area contributed by atoms with E-state index in [1.54, 1.807) is 7.11 Å². The monoisotopic (exact) mass is 303 g/mol. The van der Waals surface area contributed by atoms with Crippen LogP contribution in [0.15, 0.2) is 12.1 Å². The molecule has 1 aromatic carbocycles. The first-order chi connectivity index (χ1) is 9.56. The van der Waals surface area contributed by atoms with Gasteiger partial charge in [0.1, 0.15) is 12.2 Å². The van der Waals surface area contributed by atoms with E-state index in [0.717, 1.165) is 6.42 Å². The van der Waals surface area contributed by atoms with Crippen LogP contribution in [0.1, 0.15) is 16.8 Å². The molecule has 0 aliphatic rings. The number of halogens is 1. The van der Waals surface area contributed by atoms with Crippen molar-refractivity contribution in [2.45, 2.75) is 6.42 Å². The fourth-order valence-corrected chi connectivity index (χ4v) is 1.81. The van der Waals surface area contributed by atoms with Crippen molar-refractivity contribution in [1.29, 1.82) is 0 Å². The van der Waals surface area contributed by atoms with Crippen LogP contribution in [0.25, 0.3) is 0 Å². The highest BCUT2D eigenvalue weighted by Gasteiger charge is 2.16. The van der Waals surface area contributed by atoms with E-state index in [0.29, 0.717) is 19.8 Å². The van der Waals surface area contributed by atoms with Crippen LogP contribution in [-0.2, 0) is 9.47 Å². The van der Waals surface area contributed by atoms with Crippen LogP contribution in [0, 0.1) is 0 Å². The molecule has 0 amide bonds. The second-order valence-electron chi connectivity index (χ2n) is 3.99. The van der Waals surface area contributed by atoms with Crippen molar-refractivity contribution >= 4 is 23.3 Å². The van der Waals surface area contributed by atoms with Gasteiger partial charge in [0.05, 0.1) is 11.6 Å². The van der Waals surface area contributed by atoms with Crippen molar-refractivity contribution in [3.8, 4) is 5.75 Å². The van der Waals surface area contributed by atoms with Gasteiger partial charge < -0.3 is 25.1 Å². The number of methoxy groups -OCH3 is 1. The maximum atomic E-state index is 11.1. The average molecular weight is 304 g/mol. The van der Waals surface area contributed by atoms with Gasteiger partial charge >= 0.3 is 5.97 Å². The van der Waals surface area contributed by atoms with Crippen molar-refractivity contribution in [3.63, 3.8) is 0 Å². The molecule has 0 radical (unpaired) electrons. The highest BCUT2D eigenvalue weighted by atomic mass is 35.5. The molecule has 3 N–H and O–H groups in total. The lowest BCUT2D eigenvalue weighted by molar-refractivity contribution is 0.0677. The highest BCUT2D eigenvalue weighted by Crippen LogP contribution is 2.31. The van der Waals surface area contributed by atoms with Crippen molar-refractivity contribution in [3.05, 3.63) is 22.7 Å². The fourth-order valence-electron chi connectivity index (χ4n) is 1.53. The zero-order valence-electron chi connectivity index (χ0n) is 11.2. The van der Waals surface area contributed by atoms with Crippen molar-refractivity contribution < 1.29 is 24.1 Å². The van der Waals surface area contributed by atoms with Gasteiger partial charge in [-0.15, -0.1) is 0 Å². The quantitative estimate of drug-likeness (QED) is 0.536. The van der Waals surface area contributed by atoms with Crippen LogP contribution < -0.4 is 10.5 Å². The lowest BCUT2D eigenvalue weighted by atomic mass is 10.2. The lowest BCUT2D eigenvalue weighted by Crippen LogP contribution is -2.11. The Kier molecular flexibility index (Phi) is 7.14. The molecule has 20 heavy (non-hydrogen) atoms. The van der Waals surface area contributed by atoms with E-state index in [2.05, 4.69) is 0 Å². The van der Waals surface area contributed by atoms with Gasteiger partial charge in [-0.25, -0.2) is 4.79 Å². The number of aromatic carboxylic acids is 1. The number of ether oxygens (including phenoxy) is 3. The molecule has 1 rings (SSSR count). The topological polar surface area (TPSA) is 91.0 Å². The first kappa shape index (κ1) is 16.6. The minimum Gasteiger partial charge on any atom is -0.489 e. The molecule has 0 aliphatic carbocycles. The molecule has 0 aliphatic heterocycles. The number of benzene rings is 1. The van der Waals surface area contributed by atoms with Gasteiger partial charge in [0.15, 0.2) is 5.75 Å². The number of anilines is 1. The Morgan fingerprint density at radius 1 is 1.30 bits per heavy atom. The molecule has 6 nitrogen and oxygen atoms in total. The summed E-state index contributed by atoms with van der Waals surface area (Å²) < 4.78 is 15.5. The summed E-state index contributed by atoms with van der Waals surface area (Å²) >= 11 is 5.93. The minimum absolute atomic E-state index is 0.0608. The van der Waals surface area contributed by atoms with Gasteiger partial charge in [0.2, 0.25) is 0 Å². The SMILES string of the molecule is COCCCOCCOc1c(Cl)cc(N)cc1C(=O)O. The third kappa shape index (κ3) is 5.24. The van der Waals surface area contributed by atoms with Gasteiger partial charge in [-0.2, -0.15) is 0 Å². The largest absolute Gasteiger partial charge is 0.489 e. The summed E-state index contributed by atoms with van der Waals surface area (Å²) in [5, 5.41) is 9.24. The summed E-state index contributed by atoms with van der Waals surface area (Å²) in [7, 11) is 1.62. The Hall–Kier alpha value is -1.50. The van der Waals surface area contributed by atoms with E-state index in [1.165, 1.54) is 12.1 Å². The van der Waals surface area contributed by atoms with Gasteiger partial charge in [-0.1, -0.05) is 11.6 Å². The Balaban J connectivity index is 2.49. The fraction of sp³-hybridized carbons (Fsp3) is 0.462. The van der Waals surface area contributed by atoms with Crippen LogP contribution >= 0.6 is 11.6 Å². The normalized spacial score (nSPS) is 10.5. The number of carbonyl (C=O) groups is 1. The zero-order chi connectivity index (χ0) is 15.0. The summed E-state index contributed by atoms with van der Waals surface area (Å²) in [5.74, 6) is -1.04. The van der Waals surface area contributed by atoms with E-state index in [-0.39, 0.29) is 28.6 Å². The molecule has 7 heteroatoms. The van der Waals surface area contributed by atoms with Crippen LogP contribution in [0.4, 0.5) is 5.69 Å². The summed E-state index contributed by atoms with van der Waals surface area (Å²) in [4.78, 5) is 11.1. The van der Waals surface area contributed by atoms with Crippen LogP contribution in [0.3, 0.4) is 0 Å². The smallest absolute Gasteiger partial charge is 0.339 e. The molecule has 1 aromatic rings. The number of carboxylic acid groups (broad SMARTS) is 1. The molecule has 0 unspecified atom stereocenters. The summed E-state index contributed by atoms with van der Waals surface area (Å²) in [6.07, 6.45) is 0.791. The number of nitrogen functional groups attached to an aromatic ring is 1. The molecule has 112 valence electrons. The third-order valence-corrected chi connectivity index (χ3v) is 2.69. The van der Waals surface area contributed by atoms with E-state index < -0.39 is 5.97 Å². The van der Waals surface area contributed by atoms with Crippen molar-refractivity contribution in [1.82, 2.24) is 0 Å². The van der Waals surface area contributed by atoms with Crippen LogP contribution in [0.5, 0.6) is 5.75 Å². The molecular weight excluding hydrogens is 286 g/mol. The van der Waals surface area contributed by atoms with Crippen molar-refractivity contribution in [2.24, 2.45) is 0 Å². The summed E-state index contributed by atoms with van der Waals surface area (Å²) in [6.45, 7) is 1.73. The predicted octanol–water partition coefficient (Wildman–Crippen LogP) is 2.05. The molecule has 0 saturated heterocycles. The molecule has 0 fully saturated rings. The number of rotatable bonds is 9. The summed E-state index contributed by atoms with van der Waals surface area (Å²) in [6, 6.07) is 2.76. The predicted molar refractivity (Wildman–Crippen MR) is 75.6 cm³/mol. The molecular formula is C13H18ClNO5. The van der Waals surface area contributed by atoms with E-state index in [9.17, 15) is 4.79 Å². The van der Waals surface area contributed by atoms with Crippen molar-refractivity contribution in [2.75, 3.05) is 39.3 Å². The van der Waals surface area contributed by atoms with Gasteiger partial charge in [0, 0.05) is 26.0 Å². The maximum absolute atomic E-state index is 11.1. The molecule has 0 heterocycles. The maximum Gasteiger partial charge on any atom is 0.339 e. The van der Waals surface area contributed by atoms with Crippen LogP contribution in [-0.4, -0.2) is 44.6 Å². The van der Waals surface area contributed by atoms with E-state index >= 15 is 0 Å². The first-order valence-corrected chi connectivity index (χ1v) is 6.46. The summed E-state index contributed by atoms with van der Waals surface area (Å²) in [5.41, 5.74) is 5.76. The molecule has 0 bridgehead atoms. The number of carboxylic acids is 1. The highest BCUT2D eigenvalue weighted by molar-refractivity contribution is 6.33.